The zero-order chi connectivity index (χ0) is 16.5. The van der Waals surface area contributed by atoms with Gasteiger partial charge in [-0.15, -0.1) is 0 Å². The Morgan fingerprint density at radius 2 is 1.95 bits per heavy atom. The molecule has 0 bridgehead atoms. The van der Waals surface area contributed by atoms with Gasteiger partial charge in [0.1, 0.15) is 5.60 Å². The van der Waals surface area contributed by atoms with Crippen LogP contribution in [0.2, 0.25) is 5.02 Å². The highest BCUT2D eigenvalue weighted by molar-refractivity contribution is 6.30. The molecule has 2 rings (SSSR count). The molecule has 0 saturated carbocycles. The second-order valence-corrected chi connectivity index (χ2v) is 7.45. The Morgan fingerprint density at radius 1 is 1.36 bits per heavy atom. The maximum atomic E-state index is 12.2. The summed E-state index contributed by atoms with van der Waals surface area (Å²) in [6.07, 6.45) is 0.643. The Hall–Kier alpha value is -1.26. The van der Waals surface area contributed by atoms with Crippen LogP contribution in [-0.4, -0.2) is 34.3 Å². The maximum absolute atomic E-state index is 12.2. The number of ether oxygens (including phenoxy) is 1. The number of rotatable bonds is 1. The number of likely N-dealkylation sites (tertiary alicyclic amines) is 1. The lowest BCUT2D eigenvalue weighted by atomic mass is 9.81. The number of amides is 1. The number of carbonyl (C=O) groups excluding carboxylic acids is 1. The Kier molecular flexibility index (Phi) is 4.73. The van der Waals surface area contributed by atoms with Crippen LogP contribution in [0, 0.1) is 0 Å². The van der Waals surface area contributed by atoms with Gasteiger partial charge in [0.15, 0.2) is 0 Å². The standard InChI is InChI=1S/C17H24ClNO3/c1-12-11-17(21,13-5-7-14(18)8-6-13)9-10-19(12)15(20)22-16(2,3)4/h5-8,12,21H,9-11H2,1-4H3. The van der Waals surface area contributed by atoms with E-state index >= 15 is 0 Å². The predicted molar refractivity (Wildman–Crippen MR) is 87.0 cm³/mol. The van der Waals surface area contributed by atoms with Crippen molar-refractivity contribution in [3.05, 3.63) is 34.9 Å². The van der Waals surface area contributed by atoms with E-state index in [0.717, 1.165) is 5.56 Å². The first-order valence-corrected chi connectivity index (χ1v) is 7.97. The lowest BCUT2D eigenvalue weighted by molar-refractivity contribution is -0.0546. The molecule has 1 aliphatic rings. The minimum absolute atomic E-state index is 0.0933. The van der Waals surface area contributed by atoms with Crippen LogP contribution in [0.4, 0.5) is 4.79 Å². The lowest BCUT2D eigenvalue weighted by Gasteiger charge is -2.43. The van der Waals surface area contributed by atoms with Gasteiger partial charge in [-0.3, -0.25) is 0 Å². The molecule has 122 valence electrons. The molecule has 2 unspecified atom stereocenters. The van der Waals surface area contributed by atoms with Gasteiger partial charge in [0, 0.05) is 24.0 Å². The van der Waals surface area contributed by atoms with Crippen LogP contribution < -0.4 is 0 Å². The number of halogens is 1. The summed E-state index contributed by atoms with van der Waals surface area (Å²) in [5, 5.41) is 11.6. The SMILES string of the molecule is CC1CC(O)(c2ccc(Cl)cc2)CCN1C(=O)OC(C)(C)C. The van der Waals surface area contributed by atoms with Gasteiger partial charge in [-0.05, 0) is 51.8 Å². The van der Waals surface area contributed by atoms with Gasteiger partial charge in [-0.1, -0.05) is 23.7 Å². The fourth-order valence-corrected chi connectivity index (χ4v) is 2.97. The second-order valence-electron chi connectivity index (χ2n) is 7.02. The summed E-state index contributed by atoms with van der Waals surface area (Å²) in [4.78, 5) is 13.9. The van der Waals surface area contributed by atoms with Gasteiger partial charge in [0.25, 0.3) is 0 Å². The predicted octanol–water partition coefficient (Wildman–Crippen LogP) is 3.95. The van der Waals surface area contributed by atoms with Gasteiger partial charge >= 0.3 is 6.09 Å². The van der Waals surface area contributed by atoms with Gasteiger partial charge in [-0.2, -0.15) is 0 Å². The zero-order valence-corrected chi connectivity index (χ0v) is 14.4. The molecule has 1 heterocycles. The Bertz CT molecular complexity index is 538. The van der Waals surface area contributed by atoms with Gasteiger partial charge in [0.05, 0.1) is 5.60 Å². The lowest BCUT2D eigenvalue weighted by Crippen LogP contribution is -2.51. The van der Waals surface area contributed by atoms with E-state index < -0.39 is 11.2 Å². The monoisotopic (exact) mass is 325 g/mol. The molecule has 0 spiro atoms. The topological polar surface area (TPSA) is 49.8 Å². The summed E-state index contributed by atoms with van der Waals surface area (Å²) in [5.74, 6) is 0. The van der Waals surface area contributed by atoms with E-state index in [9.17, 15) is 9.90 Å². The second kappa shape index (κ2) is 6.09. The summed E-state index contributed by atoms with van der Waals surface area (Å²) < 4.78 is 5.43. The van der Waals surface area contributed by atoms with Crippen LogP contribution in [-0.2, 0) is 10.3 Å². The molecule has 1 aromatic rings. The van der Waals surface area contributed by atoms with Crippen molar-refractivity contribution in [3.63, 3.8) is 0 Å². The average molecular weight is 326 g/mol. The van der Waals surface area contributed by atoms with E-state index in [-0.39, 0.29) is 12.1 Å². The molecule has 0 radical (unpaired) electrons. The normalized spacial score (nSPS) is 25.9. The molecule has 4 nitrogen and oxygen atoms in total. The Morgan fingerprint density at radius 3 is 2.45 bits per heavy atom. The van der Waals surface area contributed by atoms with E-state index in [1.54, 1.807) is 17.0 Å². The van der Waals surface area contributed by atoms with Crippen LogP contribution in [0.5, 0.6) is 0 Å². The first-order chi connectivity index (χ1) is 10.1. The molecule has 1 amide bonds. The largest absolute Gasteiger partial charge is 0.444 e. The third-order valence-electron chi connectivity index (χ3n) is 3.94. The summed E-state index contributed by atoms with van der Waals surface area (Å²) in [6.45, 7) is 7.95. The Balaban J connectivity index is 2.09. The highest BCUT2D eigenvalue weighted by atomic mass is 35.5. The fourth-order valence-electron chi connectivity index (χ4n) is 2.84. The molecule has 1 aromatic carbocycles. The quantitative estimate of drug-likeness (QED) is 0.850. The molecule has 5 heteroatoms. The summed E-state index contributed by atoms with van der Waals surface area (Å²) in [6, 6.07) is 7.15. The van der Waals surface area contributed by atoms with Crippen molar-refractivity contribution in [2.24, 2.45) is 0 Å². The molecular weight excluding hydrogens is 302 g/mol. The highest BCUT2D eigenvalue weighted by Crippen LogP contribution is 2.36. The Labute approximate surface area is 137 Å². The number of aliphatic hydroxyl groups is 1. The maximum Gasteiger partial charge on any atom is 0.410 e. The van der Waals surface area contributed by atoms with Gasteiger partial charge < -0.3 is 14.7 Å². The number of hydrogen-bond donors (Lipinski definition) is 1. The van der Waals surface area contributed by atoms with Crippen LogP contribution in [0.15, 0.2) is 24.3 Å². The molecule has 1 N–H and O–H groups in total. The number of carbonyl (C=O) groups is 1. The first-order valence-electron chi connectivity index (χ1n) is 7.59. The molecular formula is C17H24ClNO3. The smallest absolute Gasteiger partial charge is 0.410 e. The third-order valence-corrected chi connectivity index (χ3v) is 4.19. The molecule has 1 saturated heterocycles. The van der Waals surface area contributed by atoms with Gasteiger partial charge in [0.2, 0.25) is 0 Å². The summed E-state index contributed by atoms with van der Waals surface area (Å²) >= 11 is 5.90. The van der Waals surface area contributed by atoms with E-state index in [4.69, 9.17) is 16.3 Å². The molecule has 1 fully saturated rings. The van der Waals surface area contributed by atoms with E-state index in [1.807, 2.05) is 39.8 Å². The number of hydrogen-bond acceptors (Lipinski definition) is 3. The van der Waals surface area contributed by atoms with Crippen molar-refractivity contribution in [2.45, 2.75) is 57.8 Å². The van der Waals surface area contributed by atoms with Crippen molar-refractivity contribution >= 4 is 17.7 Å². The zero-order valence-electron chi connectivity index (χ0n) is 13.6. The van der Waals surface area contributed by atoms with E-state index in [2.05, 4.69) is 0 Å². The molecule has 0 aliphatic carbocycles. The van der Waals surface area contributed by atoms with Gasteiger partial charge in [-0.25, -0.2) is 4.79 Å². The first kappa shape index (κ1) is 17.1. The molecule has 0 aromatic heterocycles. The minimum Gasteiger partial charge on any atom is -0.444 e. The number of nitrogens with zero attached hydrogens (tertiary/aromatic N) is 1. The van der Waals surface area contributed by atoms with Crippen LogP contribution in [0.3, 0.4) is 0 Å². The number of piperidine rings is 1. The van der Waals surface area contributed by atoms with E-state index in [1.165, 1.54) is 0 Å². The van der Waals surface area contributed by atoms with Crippen molar-refractivity contribution in [1.29, 1.82) is 0 Å². The average Bonchev–Trinajstić information content (AvgIpc) is 2.36. The summed E-state index contributed by atoms with van der Waals surface area (Å²) in [5.41, 5.74) is -0.601. The molecule has 1 aliphatic heterocycles. The third kappa shape index (κ3) is 3.93. The fraction of sp³-hybridized carbons (Fsp3) is 0.588. The molecule has 22 heavy (non-hydrogen) atoms. The number of benzene rings is 1. The van der Waals surface area contributed by atoms with Crippen molar-refractivity contribution < 1.29 is 14.6 Å². The summed E-state index contributed by atoms with van der Waals surface area (Å²) in [7, 11) is 0. The van der Waals surface area contributed by atoms with Crippen LogP contribution in [0.25, 0.3) is 0 Å². The van der Waals surface area contributed by atoms with Crippen LogP contribution in [0.1, 0.15) is 46.1 Å². The van der Waals surface area contributed by atoms with Crippen molar-refractivity contribution in [2.75, 3.05) is 6.54 Å². The molecule has 2 atom stereocenters. The highest BCUT2D eigenvalue weighted by Gasteiger charge is 2.40. The minimum atomic E-state index is -0.928. The van der Waals surface area contributed by atoms with Crippen molar-refractivity contribution in [1.82, 2.24) is 4.90 Å². The van der Waals surface area contributed by atoms with Crippen molar-refractivity contribution in [3.8, 4) is 0 Å². The van der Waals surface area contributed by atoms with E-state index in [0.29, 0.717) is 24.4 Å². The van der Waals surface area contributed by atoms with Crippen LogP contribution >= 0.6 is 11.6 Å².